The van der Waals surface area contributed by atoms with Crippen molar-refractivity contribution in [3.05, 3.63) is 76.1 Å². The van der Waals surface area contributed by atoms with E-state index >= 15 is 0 Å². The molecule has 9 nitrogen and oxygen atoms in total. The van der Waals surface area contributed by atoms with Crippen LogP contribution in [0.15, 0.2) is 48.7 Å². The first-order chi connectivity index (χ1) is 18.9. The highest BCUT2D eigenvalue weighted by Crippen LogP contribution is 2.49. The lowest BCUT2D eigenvalue weighted by Crippen LogP contribution is -2.52. The number of fused-ring (bicyclic) bond motifs is 4. The van der Waals surface area contributed by atoms with E-state index in [1.807, 2.05) is 41.2 Å². The lowest BCUT2D eigenvalue weighted by molar-refractivity contribution is -0.136. The van der Waals surface area contributed by atoms with Crippen LogP contribution in [0.5, 0.6) is 5.75 Å². The van der Waals surface area contributed by atoms with Crippen LogP contribution in [0.25, 0.3) is 5.69 Å². The largest absolute Gasteiger partial charge is 0.492 e. The molecular weight excluding hydrogens is 518 g/mol. The first-order valence-electron chi connectivity index (χ1n) is 13.4. The van der Waals surface area contributed by atoms with Crippen LogP contribution in [0, 0.1) is 0 Å². The maximum absolute atomic E-state index is 13.2. The number of rotatable bonds is 4. The average Bonchev–Trinajstić information content (AvgIpc) is 3.63. The van der Waals surface area contributed by atoms with Gasteiger partial charge in [-0.2, -0.15) is 5.10 Å². The van der Waals surface area contributed by atoms with Crippen LogP contribution in [0.4, 0.5) is 0 Å². The Kier molecular flexibility index (Phi) is 5.75. The van der Waals surface area contributed by atoms with Gasteiger partial charge in [-0.15, -0.1) is 0 Å². The molecule has 0 radical (unpaired) electrons. The van der Waals surface area contributed by atoms with E-state index < -0.39 is 11.9 Å². The highest BCUT2D eigenvalue weighted by atomic mass is 35.5. The van der Waals surface area contributed by atoms with Crippen LogP contribution in [0.1, 0.15) is 52.9 Å². The summed E-state index contributed by atoms with van der Waals surface area (Å²) in [6.45, 7) is 3.57. The van der Waals surface area contributed by atoms with Crippen molar-refractivity contribution in [3.8, 4) is 11.4 Å². The Bertz CT molecular complexity index is 1490. The van der Waals surface area contributed by atoms with Gasteiger partial charge in [-0.3, -0.25) is 24.6 Å². The quantitative estimate of drug-likeness (QED) is 0.506. The van der Waals surface area contributed by atoms with E-state index in [9.17, 15) is 14.4 Å². The molecule has 0 bridgehead atoms. The summed E-state index contributed by atoms with van der Waals surface area (Å²) in [5, 5.41) is 7.82. The maximum atomic E-state index is 13.2. The number of benzene rings is 2. The summed E-state index contributed by atoms with van der Waals surface area (Å²) in [7, 11) is 0. The first kappa shape index (κ1) is 24.4. The Hall–Kier alpha value is -3.69. The van der Waals surface area contributed by atoms with Gasteiger partial charge in [-0.25, -0.2) is 4.68 Å². The summed E-state index contributed by atoms with van der Waals surface area (Å²) in [5.41, 5.74) is 4.57. The van der Waals surface area contributed by atoms with Gasteiger partial charge in [0.15, 0.2) is 0 Å². The molecule has 3 aromatic rings. The summed E-state index contributed by atoms with van der Waals surface area (Å²) in [5.74, 6) is -0.0369. The van der Waals surface area contributed by atoms with Gasteiger partial charge in [-0.1, -0.05) is 17.7 Å². The van der Waals surface area contributed by atoms with Crippen LogP contribution >= 0.6 is 11.6 Å². The number of carbonyl (C=O) groups is 3. The molecule has 2 aromatic carbocycles. The lowest BCUT2D eigenvalue weighted by Gasteiger charge is -2.38. The van der Waals surface area contributed by atoms with Crippen molar-refractivity contribution in [2.24, 2.45) is 0 Å². The number of halogens is 1. The van der Waals surface area contributed by atoms with Crippen LogP contribution in [0.2, 0.25) is 5.02 Å². The molecule has 2 fully saturated rings. The van der Waals surface area contributed by atoms with Gasteiger partial charge in [0, 0.05) is 46.3 Å². The molecule has 0 saturated carbocycles. The fraction of sp³-hybridized carbons (Fsp3) is 0.379. The number of likely N-dealkylation sites (tertiary alicyclic amines) is 1. The predicted molar refractivity (Wildman–Crippen MR) is 143 cm³/mol. The zero-order valence-electron chi connectivity index (χ0n) is 21.4. The van der Waals surface area contributed by atoms with Crippen molar-refractivity contribution < 1.29 is 19.1 Å². The Labute approximate surface area is 230 Å². The van der Waals surface area contributed by atoms with Gasteiger partial charge in [0.05, 0.1) is 24.5 Å². The molecular formula is C29H28ClN5O4. The molecule has 5 heterocycles. The number of imide groups is 1. The predicted octanol–water partition coefficient (Wildman–Crippen LogP) is 3.21. The number of nitrogens with one attached hydrogen (secondary N) is 1. The Morgan fingerprint density at radius 3 is 2.62 bits per heavy atom. The Morgan fingerprint density at radius 1 is 1.05 bits per heavy atom. The van der Waals surface area contributed by atoms with Crippen molar-refractivity contribution in [2.45, 2.75) is 50.2 Å². The molecule has 4 aliphatic rings. The number of piperidine rings is 2. The maximum Gasteiger partial charge on any atom is 0.255 e. The molecule has 1 aromatic heterocycles. The highest BCUT2D eigenvalue weighted by Gasteiger charge is 2.47. The number of nitrogens with zero attached hydrogens (tertiary/aromatic N) is 4. The minimum absolute atomic E-state index is 0.0748. The number of hydrogen-bond acceptors (Lipinski definition) is 6. The van der Waals surface area contributed by atoms with E-state index in [1.165, 1.54) is 5.56 Å². The van der Waals surface area contributed by atoms with E-state index in [0.29, 0.717) is 30.2 Å². The van der Waals surface area contributed by atoms with Crippen molar-refractivity contribution in [1.29, 1.82) is 0 Å². The fourth-order valence-corrected chi connectivity index (χ4v) is 6.58. The smallest absolute Gasteiger partial charge is 0.255 e. The summed E-state index contributed by atoms with van der Waals surface area (Å²) in [6, 6.07) is 13.0. The zero-order chi connectivity index (χ0) is 26.7. The molecule has 2 saturated heterocycles. The number of carbonyl (C=O) groups excluding carboxylic acids is 3. The number of ether oxygens (including phenoxy) is 1. The van der Waals surface area contributed by atoms with Crippen molar-refractivity contribution in [1.82, 2.24) is 24.9 Å². The minimum Gasteiger partial charge on any atom is -0.492 e. The molecule has 4 aliphatic heterocycles. The van der Waals surface area contributed by atoms with Crippen LogP contribution in [-0.4, -0.2) is 63.0 Å². The summed E-state index contributed by atoms with van der Waals surface area (Å²) in [4.78, 5) is 41.2. The topological polar surface area (TPSA) is 96.8 Å². The zero-order valence-corrected chi connectivity index (χ0v) is 22.1. The SMILES string of the molecule is O=C1CCC(N2Cc3c(ccc4c3OCC43CCN(Cc4ccn(-c5ccc(Cl)cc5)n4)CC3)C2=O)C(=O)N1. The van der Waals surface area contributed by atoms with E-state index in [0.717, 1.165) is 55.2 Å². The third-order valence-electron chi connectivity index (χ3n) is 8.66. The molecule has 10 heteroatoms. The van der Waals surface area contributed by atoms with Crippen molar-refractivity contribution in [2.75, 3.05) is 19.7 Å². The van der Waals surface area contributed by atoms with Gasteiger partial charge >= 0.3 is 0 Å². The van der Waals surface area contributed by atoms with Crippen LogP contribution in [-0.2, 0) is 28.1 Å². The number of amides is 3. The van der Waals surface area contributed by atoms with Gasteiger partial charge in [0.25, 0.3) is 5.91 Å². The summed E-state index contributed by atoms with van der Waals surface area (Å²) in [6.07, 6.45) is 4.49. The second-order valence-electron chi connectivity index (χ2n) is 10.9. The number of hydrogen-bond donors (Lipinski definition) is 1. The summed E-state index contributed by atoms with van der Waals surface area (Å²) < 4.78 is 8.17. The highest BCUT2D eigenvalue weighted by molar-refractivity contribution is 6.30. The Balaban J connectivity index is 1.04. The number of aromatic nitrogens is 2. The molecule has 0 aliphatic carbocycles. The standard InChI is InChI=1S/C29H28ClN5O4/c30-18-1-3-20(4-2-18)35-12-9-19(32-35)15-33-13-10-29(11-14-33)17-39-26-22-16-34(24-7-8-25(36)31-27(24)37)28(38)21(22)5-6-23(26)29/h1-6,9,12,24H,7-8,10-11,13-17H2,(H,31,36,37). The Morgan fingerprint density at radius 2 is 1.85 bits per heavy atom. The van der Waals surface area contributed by atoms with E-state index in [-0.39, 0.29) is 23.7 Å². The third kappa shape index (κ3) is 4.11. The minimum atomic E-state index is -0.625. The van der Waals surface area contributed by atoms with Crippen molar-refractivity contribution in [3.63, 3.8) is 0 Å². The van der Waals surface area contributed by atoms with Gasteiger partial charge in [-0.05, 0) is 68.8 Å². The van der Waals surface area contributed by atoms with Crippen LogP contribution < -0.4 is 10.1 Å². The molecule has 7 rings (SSSR count). The molecule has 3 amide bonds. The lowest BCUT2D eigenvalue weighted by atomic mass is 9.74. The summed E-state index contributed by atoms with van der Waals surface area (Å²) >= 11 is 6.01. The van der Waals surface area contributed by atoms with Crippen molar-refractivity contribution >= 4 is 29.3 Å². The van der Waals surface area contributed by atoms with E-state index in [4.69, 9.17) is 21.4 Å². The molecule has 1 atom stereocenters. The monoisotopic (exact) mass is 545 g/mol. The van der Waals surface area contributed by atoms with E-state index in [1.54, 1.807) is 4.90 Å². The average molecular weight is 546 g/mol. The molecule has 39 heavy (non-hydrogen) atoms. The third-order valence-corrected chi connectivity index (χ3v) is 8.92. The van der Waals surface area contributed by atoms with Crippen LogP contribution in [0.3, 0.4) is 0 Å². The first-order valence-corrected chi connectivity index (χ1v) is 13.7. The second kappa shape index (κ2) is 9.20. The molecule has 1 N–H and O–H groups in total. The van der Waals surface area contributed by atoms with Gasteiger partial charge in [0.2, 0.25) is 11.8 Å². The molecule has 1 spiro atoms. The van der Waals surface area contributed by atoms with Gasteiger partial charge < -0.3 is 9.64 Å². The van der Waals surface area contributed by atoms with Gasteiger partial charge in [0.1, 0.15) is 11.8 Å². The fourth-order valence-electron chi connectivity index (χ4n) is 6.45. The molecule has 1 unspecified atom stereocenters. The normalized spacial score (nSPS) is 22.1. The van der Waals surface area contributed by atoms with E-state index in [2.05, 4.69) is 22.3 Å². The second-order valence-corrected chi connectivity index (χ2v) is 11.4. The molecule has 200 valence electrons.